The van der Waals surface area contributed by atoms with E-state index in [0.717, 1.165) is 30.4 Å². The highest BCUT2D eigenvalue weighted by Gasteiger charge is 2.14. The molecule has 7 heteroatoms. The molecule has 0 saturated carbocycles. The van der Waals surface area contributed by atoms with Crippen LogP contribution >= 0.6 is 12.2 Å². The molecular formula is C19H24N4O2S. The second-order valence-corrected chi connectivity index (χ2v) is 6.58. The summed E-state index contributed by atoms with van der Waals surface area (Å²) in [7, 11) is 2.03. The van der Waals surface area contributed by atoms with Crippen LogP contribution in [0.25, 0.3) is 11.6 Å². The Kier molecular flexibility index (Phi) is 5.90. The van der Waals surface area contributed by atoms with E-state index in [1.807, 2.05) is 53.6 Å². The van der Waals surface area contributed by atoms with Gasteiger partial charge >= 0.3 is 0 Å². The summed E-state index contributed by atoms with van der Waals surface area (Å²) in [6.45, 7) is 6.82. The van der Waals surface area contributed by atoms with Crippen LogP contribution in [-0.4, -0.2) is 39.4 Å². The van der Waals surface area contributed by atoms with Crippen LogP contribution in [0.2, 0.25) is 0 Å². The Morgan fingerprint density at radius 1 is 1.27 bits per heavy atom. The fourth-order valence-corrected chi connectivity index (χ4v) is 3.04. The van der Waals surface area contributed by atoms with Gasteiger partial charge in [-0.05, 0) is 62.9 Å². The highest BCUT2D eigenvalue weighted by atomic mass is 32.1. The number of benzene rings is 1. The number of likely N-dealkylation sites (N-methyl/N-ethyl adjacent to an activating group) is 1. The predicted octanol–water partition coefficient (Wildman–Crippen LogP) is 3.97. The Hall–Kier alpha value is -2.38. The fourth-order valence-electron chi connectivity index (χ4n) is 2.73. The van der Waals surface area contributed by atoms with Crippen LogP contribution in [0.1, 0.15) is 12.5 Å². The molecule has 3 aromatic rings. The lowest BCUT2D eigenvalue weighted by Crippen LogP contribution is -2.27. The molecule has 0 atom stereocenters. The Balaban J connectivity index is 1.62. The number of rotatable bonds is 8. The molecule has 0 aliphatic rings. The maximum atomic E-state index is 5.82. The lowest BCUT2D eigenvalue weighted by atomic mass is 10.2. The van der Waals surface area contributed by atoms with E-state index in [1.165, 1.54) is 5.56 Å². The van der Waals surface area contributed by atoms with E-state index in [9.17, 15) is 0 Å². The largest absolute Gasteiger partial charge is 0.492 e. The molecular weight excluding hydrogens is 348 g/mol. The normalized spacial score (nSPS) is 11.2. The van der Waals surface area contributed by atoms with Crippen molar-refractivity contribution in [1.82, 2.24) is 19.2 Å². The van der Waals surface area contributed by atoms with Crippen molar-refractivity contribution >= 4 is 12.2 Å². The maximum Gasteiger partial charge on any atom is 0.199 e. The summed E-state index contributed by atoms with van der Waals surface area (Å²) in [6, 6.07) is 11.8. The number of hydrogen-bond acceptors (Lipinski definition) is 5. The third-order valence-corrected chi connectivity index (χ3v) is 4.52. The smallest absolute Gasteiger partial charge is 0.199 e. The van der Waals surface area contributed by atoms with Gasteiger partial charge in [0.15, 0.2) is 16.4 Å². The van der Waals surface area contributed by atoms with Gasteiger partial charge in [0.2, 0.25) is 0 Å². The molecule has 0 N–H and O–H groups in total. The average molecular weight is 372 g/mol. The van der Waals surface area contributed by atoms with Gasteiger partial charge in [0.05, 0.1) is 12.9 Å². The molecule has 0 spiro atoms. The van der Waals surface area contributed by atoms with Crippen molar-refractivity contribution in [2.24, 2.45) is 0 Å². The molecule has 1 aromatic carbocycles. The first-order chi connectivity index (χ1) is 12.6. The number of aryl methyl sites for hydroxylation is 1. The van der Waals surface area contributed by atoms with Crippen LogP contribution in [0, 0.1) is 11.7 Å². The summed E-state index contributed by atoms with van der Waals surface area (Å²) < 4.78 is 15.8. The molecule has 0 unspecified atom stereocenters. The van der Waals surface area contributed by atoms with Gasteiger partial charge in [0.25, 0.3) is 0 Å². The lowest BCUT2D eigenvalue weighted by Gasteiger charge is -2.16. The number of furan rings is 1. The first-order valence-corrected chi connectivity index (χ1v) is 9.09. The van der Waals surface area contributed by atoms with Crippen LogP contribution in [0.15, 0.2) is 47.1 Å². The molecule has 0 radical (unpaired) electrons. The Morgan fingerprint density at radius 2 is 2.12 bits per heavy atom. The highest BCUT2D eigenvalue weighted by molar-refractivity contribution is 7.71. The average Bonchev–Trinajstić information content (AvgIpc) is 3.24. The van der Waals surface area contributed by atoms with Gasteiger partial charge in [-0.15, -0.1) is 5.10 Å². The number of hydrogen-bond donors (Lipinski definition) is 0. The Morgan fingerprint density at radius 3 is 2.81 bits per heavy atom. The molecule has 26 heavy (non-hydrogen) atoms. The van der Waals surface area contributed by atoms with Crippen molar-refractivity contribution in [2.45, 2.75) is 27.1 Å². The van der Waals surface area contributed by atoms with Crippen LogP contribution in [0.5, 0.6) is 5.75 Å². The van der Waals surface area contributed by atoms with E-state index in [4.69, 9.17) is 21.4 Å². The summed E-state index contributed by atoms with van der Waals surface area (Å²) in [4.78, 5) is 2.13. The minimum atomic E-state index is 0.594. The predicted molar refractivity (Wildman–Crippen MR) is 104 cm³/mol. The zero-order chi connectivity index (χ0) is 18.5. The van der Waals surface area contributed by atoms with Gasteiger partial charge in [0, 0.05) is 13.1 Å². The quantitative estimate of drug-likeness (QED) is 0.560. The Bertz CT molecular complexity index is 899. The number of nitrogens with zero attached hydrogens (tertiary/aromatic N) is 4. The molecule has 0 fully saturated rings. The van der Waals surface area contributed by atoms with Crippen molar-refractivity contribution < 1.29 is 9.15 Å². The molecule has 2 heterocycles. The third-order valence-electron chi connectivity index (χ3n) is 4.09. The van der Waals surface area contributed by atoms with Gasteiger partial charge in [-0.3, -0.25) is 9.47 Å². The minimum Gasteiger partial charge on any atom is -0.492 e. The van der Waals surface area contributed by atoms with Crippen molar-refractivity contribution in [1.29, 1.82) is 0 Å². The van der Waals surface area contributed by atoms with Gasteiger partial charge in [0.1, 0.15) is 12.4 Å². The lowest BCUT2D eigenvalue weighted by molar-refractivity contribution is 0.197. The van der Waals surface area contributed by atoms with Crippen LogP contribution < -0.4 is 4.74 Å². The highest BCUT2D eigenvalue weighted by Crippen LogP contribution is 2.19. The molecule has 6 nitrogen and oxygen atoms in total. The number of aromatic nitrogens is 3. The SMILES string of the molecule is CCn1c(-c2ccco2)nn(CN(C)CCOc2cccc(C)c2)c1=S. The van der Waals surface area contributed by atoms with E-state index in [2.05, 4.69) is 23.0 Å². The van der Waals surface area contributed by atoms with Crippen molar-refractivity contribution in [3.05, 3.63) is 53.0 Å². The van der Waals surface area contributed by atoms with Crippen molar-refractivity contribution in [2.75, 3.05) is 20.2 Å². The second kappa shape index (κ2) is 8.33. The molecule has 0 saturated heterocycles. The molecule has 138 valence electrons. The van der Waals surface area contributed by atoms with E-state index in [0.29, 0.717) is 18.0 Å². The maximum absolute atomic E-state index is 5.82. The van der Waals surface area contributed by atoms with E-state index in [-0.39, 0.29) is 0 Å². The molecule has 0 amide bonds. The first kappa shape index (κ1) is 18.4. The van der Waals surface area contributed by atoms with Gasteiger partial charge in [-0.25, -0.2) is 4.68 Å². The third kappa shape index (κ3) is 4.23. The monoisotopic (exact) mass is 372 g/mol. The summed E-state index contributed by atoms with van der Waals surface area (Å²) >= 11 is 5.57. The molecule has 2 aromatic heterocycles. The van der Waals surface area contributed by atoms with Gasteiger partial charge < -0.3 is 9.15 Å². The van der Waals surface area contributed by atoms with Crippen LogP contribution in [-0.2, 0) is 13.2 Å². The van der Waals surface area contributed by atoms with Crippen LogP contribution in [0.3, 0.4) is 0 Å². The molecule has 0 bridgehead atoms. The standard InChI is InChI=1S/C19H24N4O2S/c1-4-22-18(17-9-6-11-25-17)20-23(19(22)26)14-21(3)10-12-24-16-8-5-7-15(2)13-16/h5-9,11,13H,4,10,12,14H2,1-3H3. The van der Waals surface area contributed by atoms with Crippen LogP contribution in [0.4, 0.5) is 0 Å². The Labute approximate surface area is 158 Å². The zero-order valence-corrected chi connectivity index (χ0v) is 16.2. The molecule has 3 rings (SSSR count). The molecule has 0 aliphatic heterocycles. The molecule has 0 aliphatic carbocycles. The summed E-state index contributed by atoms with van der Waals surface area (Å²) in [6.07, 6.45) is 1.65. The second-order valence-electron chi connectivity index (χ2n) is 6.21. The minimum absolute atomic E-state index is 0.594. The van der Waals surface area contributed by atoms with Crippen molar-refractivity contribution in [3.8, 4) is 17.3 Å². The number of ether oxygens (including phenoxy) is 1. The summed E-state index contributed by atoms with van der Waals surface area (Å²) in [5, 5.41) is 4.64. The van der Waals surface area contributed by atoms with Gasteiger partial charge in [-0.2, -0.15) is 0 Å². The summed E-state index contributed by atoms with van der Waals surface area (Å²) in [5.74, 6) is 2.37. The summed E-state index contributed by atoms with van der Waals surface area (Å²) in [5.41, 5.74) is 1.19. The van der Waals surface area contributed by atoms with Gasteiger partial charge in [-0.1, -0.05) is 12.1 Å². The fraction of sp³-hybridized carbons (Fsp3) is 0.368. The zero-order valence-electron chi connectivity index (χ0n) is 15.4. The van der Waals surface area contributed by atoms with E-state index in [1.54, 1.807) is 6.26 Å². The van der Waals surface area contributed by atoms with E-state index >= 15 is 0 Å². The first-order valence-electron chi connectivity index (χ1n) is 8.68. The van der Waals surface area contributed by atoms with Crippen molar-refractivity contribution in [3.63, 3.8) is 0 Å². The van der Waals surface area contributed by atoms with E-state index < -0.39 is 0 Å². The topological polar surface area (TPSA) is 48.4 Å².